The number of ketones is 1. The zero-order valence-electron chi connectivity index (χ0n) is 11.6. The van der Waals surface area contributed by atoms with E-state index in [9.17, 15) is 9.59 Å². The summed E-state index contributed by atoms with van der Waals surface area (Å²) in [6.07, 6.45) is 1.12. The maximum atomic E-state index is 12.0. The molecule has 1 fully saturated rings. The number of Topliss-reactive ketones (excluding diaryl/α,β-unsaturated/α-hetero) is 1. The molecule has 2 heterocycles. The molecule has 1 unspecified atom stereocenters. The normalized spacial score (nSPS) is 21.3. The third-order valence-electron chi connectivity index (χ3n) is 4.12. The quantitative estimate of drug-likeness (QED) is 0.767. The van der Waals surface area contributed by atoms with E-state index in [4.69, 9.17) is 9.47 Å². The number of nitrogens with zero attached hydrogens (tertiary/aromatic N) is 1. The van der Waals surface area contributed by atoms with Gasteiger partial charge >= 0.3 is 0 Å². The second-order valence-corrected chi connectivity index (χ2v) is 5.13. The van der Waals surface area contributed by atoms with Gasteiger partial charge in [0, 0.05) is 24.1 Å². The smallest absolute Gasteiger partial charge is 0.230 e. The third-order valence-corrected chi connectivity index (χ3v) is 4.12. The van der Waals surface area contributed by atoms with Crippen molar-refractivity contribution in [2.45, 2.75) is 25.3 Å². The van der Waals surface area contributed by atoms with E-state index in [0.29, 0.717) is 13.0 Å². The number of hydrogen-bond donors (Lipinski definition) is 0. The van der Waals surface area contributed by atoms with Gasteiger partial charge in [-0.3, -0.25) is 9.59 Å². The molecule has 0 aliphatic carbocycles. The first-order valence-corrected chi connectivity index (χ1v) is 6.70. The lowest BCUT2D eigenvalue weighted by molar-refractivity contribution is -0.143. The Morgan fingerprint density at radius 3 is 2.55 bits per heavy atom. The van der Waals surface area contributed by atoms with Crippen LogP contribution in [0.4, 0.5) is 0 Å². The van der Waals surface area contributed by atoms with Gasteiger partial charge in [-0.2, -0.15) is 0 Å². The molecule has 0 N–H and O–H groups in total. The van der Waals surface area contributed by atoms with Crippen LogP contribution in [0.15, 0.2) is 12.1 Å². The summed E-state index contributed by atoms with van der Waals surface area (Å²) in [5.74, 6) is 1.43. The molecule has 20 heavy (non-hydrogen) atoms. The number of carbonyl (C=O) groups is 2. The predicted octanol–water partition coefficient (Wildman–Crippen LogP) is 1.49. The summed E-state index contributed by atoms with van der Waals surface area (Å²) in [5.41, 5.74) is 1.98. The van der Waals surface area contributed by atoms with E-state index < -0.39 is 0 Å². The molecule has 0 spiro atoms. The van der Waals surface area contributed by atoms with Crippen molar-refractivity contribution < 1.29 is 19.1 Å². The minimum atomic E-state index is -0.211. The first-order chi connectivity index (χ1) is 9.65. The van der Waals surface area contributed by atoms with Crippen molar-refractivity contribution in [3.8, 4) is 11.5 Å². The topological polar surface area (TPSA) is 55.8 Å². The average Bonchev–Trinajstić information content (AvgIpc) is 2.45. The SMILES string of the molecule is COc1ccc(OC)c2c1CCN1C(=O)CC(=O)CC21. The molecule has 1 atom stereocenters. The lowest BCUT2D eigenvalue weighted by Crippen LogP contribution is -2.45. The molecule has 0 saturated carbocycles. The van der Waals surface area contributed by atoms with Gasteiger partial charge in [0.15, 0.2) is 0 Å². The van der Waals surface area contributed by atoms with Crippen molar-refractivity contribution >= 4 is 11.7 Å². The van der Waals surface area contributed by atoms with Gasteiger partial charge in [-0.15, -0.1) is 0 Å². The van der Waals surface area contributed by atoms with Gasteiger partial charge in [-0.1, -0.05) is 0 Å². The van der Waals surface area contributed by atoms with Gasteiger partial charge in [0.2, 0.25) is 5.91 Å². The highest BCUT2D eigenvalue weighted by Gasteiger charge is 2.39. The lowest BCUT2D eigenvalue weighted by atomic mass is 9.85. The van der Waals surface area contributed by atoms with Crippen LogP contribution in [0.2, 0.25) is 0 Å². The van der Waals surface area contributed by atoms with Gasteiger partial charge in [0.05, 0.1) is 26.7 Å². The van der Waals surface area contributed by atoms with Gasteiger partial charge in [0.25, 0.3) is 0 Å². The van der Waals surface area contributed by atoms with Crippen LogP contribution in [0.3, 0.4) is 0 Å². The zero-order chi connectivity index (χ0) is 14.3. The van der Waals surface area contributed by atoms with E-state index >= 15 is 0 Å². The first-order valence-electron chi connectivity index (χ1n) is 6.70. The maximum absolute atomic E-state index is 12.0. The van der Waals surface area contributed by atoms with Crippen LogP contribution in [0.1, 0.15) is 30.0 Å². The summed E-state index contributed by atoms with van der Waals surface area (Å²) >= 11 is 0. The van der Waals surface area contributed by atoms with Crippen LogP contribution >= 0.6 is 0 Å². The Kier molecular flexibility index (Phi) is 3.12. The molecule has 5 heteroatoms. The van der Waals surface area contributed by atoms with E-state index in [1.165, 1.54) is 0 Å². The Bertz CT molecular complexity index is 581. The van der Waals surface area contributed by atoms with Crippen LogP contribution in [0.25, 0.3) is 0 Å². The Hall–Kier alpha value is -2.04. The number of hydrogen-bond acceptors (Lipinski definition) is 4. The fourth-order valence-corrected chi connectivity index (χ4v) is 3.23. The molecule has 2 aliphatic heterocycles. The number of piperidine rings is 1. The summed E-state index contributed by atoms with van der Waals surface area (Å²) in [6, 6.07) is 3.50. The molecular weight excluding hydrogens is 258 g/mol. The van der Waals surface area contributed by atoms with Gasteiger partial charge in [-0.05, 0) is 18.6 Å². The first kappa shape index (κ1) is 13.0. The van der Waals surface area contributed by atoms with E-state index in [2.05, 4.69) is 0 Å². The summed E-state index contributed by atoms with van der Waals surface area (Å²) in [7, 11) is 3.24. The molecule has 1 aromatic carbocycles. The molecule has 106 valence electrons. The number of amides is 1. The van der Waals surface area contributed by atoms with Crippen LogP contribution in [-0.2, 0) is 16.0 Å². The van der Waals surface area contributed by atoms with Crippen molar-refractivity contribution in [3.05, 3.63) is 23.3 Å². The zero-order valence-corrected chi connectivity index (χ0v) is 11.6. The molecule has 1 saturated heterocycles. The number of carbonyl (C=O) groups excluding carboxylic acids is 2. The van der Waals surface area contributed by atoms with E-state index in [1.54, 1.807) is 19.1 Å². The highest BCUT2D eigenvalue weighted by molar-refractivity contribution is 6.01. The van der Waals surface area contributed by atoms with Crippen LogP contribution in [0.5, 0.6) is 11.5 Å². The molecule has 5 nitrogen and oxygen atoms in total. The number of rotatable bonds is 2. The van der Waals surface area contributed by atoms with Crippen LogP contribution in [-0.4, -0.2) is 37.4 Å². The third kappa shape index (κ3) is 1.85. The van der Waals surface area contributed by atoms with E-state index in [-0.39, 0.29) is 24.2 Å². The molecule has 0 aromatic heterocycles. The van der Waals surface area contributed by atoms with Crippen molar-refractivity contribution in [1.82, 2.24) is 4.90 Å². The van der Waals surface area contributed by atoms with Gasteiger partial charge in [-0.25, -0.2) is 0 Å². The van der Waals surface area contributed by atoms with Crippen molar-refractivity contribution in [2.24, 2.45) is 0 Å². The minimum absolute atomic E-state index is 0.00558. The van der Waals surface area contributed by atoms with Crippen molar-refractivity contribution in [1.29, 1.82) is 0 Å². The van der Waals surface area contributed by atoms with E-state index in [0.717, 1.165) is 29.0 Å². The average molecular weight is 275 g/mol. The minimum Gasteiger partial charge on any atom is -0.496 e. The Morgan fingerprint density at radius 2 is 1.85 bits per heavy atom. The summed E-state index contributed by atoms with van der Waals surface area (Å²) in [5, 5.41) is 0. The van der Waals surface area contributed by atoms with Crippen LogP contribution in [0, 0.1) is 0 Å². The number of fused-ring (bicyclic) bond motifs is 3. The Balaban J connectivity index is 2.14. The van der Waals surface area contributed by atoms with Crippen LogP contribution < -0.4 is 9.47 Å². The van der Waals surface area contributed by atoms with Crippen molar-refractivity contribution in [3.63, 3.8) is 0 Å². The maximum Gasteiger partial charge on any atom is 0.230 e. The molecule has 0 radical (unpaired) electrons. The molecule has 1 amide bonds. The largest absolute Gasteiger partial charge is 0.496 e. The Labute approximate surface area is 117 Å². The number of methoxy groups -OCH3 is 2. The monoisotopic (exact) mass is 275 g/mol. The second-order valence-electron chi connectivity index (χ2n) is 5.13. The number of ether oxygens (including phenoxy) is 2. The fourth-order valence-electron chi connectivity index (χ4n) is 3.23. The lowest BCUT2D eigenvalue weighted by Gasteiger charge is -2.40. The molecule has 1 aromatic rings. The summed E-state index contributed by atoms with van der Waals surface area (Å²) in [6.45, 7) is 0.632. The van der Waals surface area contributed by atoms with Crippen molar-refractivity contribution in [2.75, 3.05) is 20.8 Å². The second kappa shape index (κ2) is 4.81. The van der Waals surface area contributed by atoms with Gasteiger partial charge < -0.3 is 14.4 Å². The predicted molar refractivity (Wildman–Crippen MR) is 71.9 cm³/mol. The fraction of sp³-hybridized carbons (Fsp3) is 0.467. The highest BCUT2D eigenvalue weighted by Crippen LogP contribution is 2.44. The standard InChI is InChI=1S/C15H17NO4/c1-19-12-3-4-13(20-2)15-10(12)5-6-16-11(15)7-9(17)8-14(16)18/h3-4,11H,5-8H2,1-2H3. The molecule has 0 bridgehead atoms. The summed E-state index contributed by atoms with van der Waals surface area (Å²) < 4.78 is 10.8. The summed E-state index contributed by atoms with van der Waals surface area (Å²) in [4.78, 5) is 25.6. The molecular formula is C15H17NO4. The highest BCUT2D eigenvalue weighted by atomic mass is 16.5. The molecule has 3 rings (SSSR count). The molecule has 2 aliphatic rings. The Morgan fingerprint density at radius 1 is 1.15 bits per heavy atom. The van der Waals surface area contributed by atoms with E-state index in [1.807, 2.05) is 12.1 Å². The number of benzene rings is 1. The van der Waals surface area contributed by atoms with Gasteiger partial charge in [0.1, 0.15) is 17.3 Å².